The third-order valence-electron chi connectivity index (χ3n) is 6.58. The molecule has 0 N–H and O–H groups in total. The maximum Gasteiger partial charge on any atom is 0.0722 e. The normalized spacial score (nSPS) is 19.8. The third kappa shape index (κ3) is 3.56. The lowest BCUT2D eigenvalue weighted by Crippen LogP contribution is -2.27. The number of unbranched alkanes of at least 4 members (excludes halogenated alkanes) is 1. The van der Waals surface area contributed by atoms with Gasteiger partial charge in [-0.2, -0.15) is 0 Å². The quantitative estimate of drug-likeness (QED) is 0.462. The van der Waals surface area contributed by atoms with Crippen molar-refractivity contribution in [3.8, 4) is 0 Å². The number of rotatable bonds is 3. The summed E-state index contributed by atoms with van der Waals surface area (Å²) in [5, 5.41) is 0. The SMILES string of the molecule is C=CC1=C(/C=C\C)C2(C3=C(CCC=C3)c3ccccc32)c2ccccc21.CC.CCCC. The predicted octanol–water partition coefficient (Wildman–Crippen LogP) is 9.45. The molecular formula is C32H38. The highest BCUT2D eigenvalue weighted by molar-refractivity contribution is 5.98. The average Bonchev–Trinajstić information content (AvgIpc) is 3.32. The molecule has 5 rings (SSSR count). The van der Waals surface area contributed by atoms with Crippen molar-refractivity contribution in [2.45, 2.75) is 65.7 Å². The molecule has 0 saturated carbocycles. The van der Waals surface area contributed by atoms with E-state index in [0.29, 0.717) is 0 Å². The first-order valence-electron chi connectivity index (χ1n) is 12.3. The summed E-state index contributed by atoms with van der Waals surface area (Å²) in [5.41, 5.74) is 11.0. The minimum Gasteiger partial charge on any atom is -0.0984 e. The van der Waals surface area contributed by atoms with E-state index < -0.39 is 0 Å². The van der Waals surface area contributed by atoms with E-state index in [9.17, 15) is 0 Å². The fraction of sp³-hybridized carbons (Fsp3) is 0.312. The van der Waals surface area contributed by atoms with Crippen LogP contribution in [0.25, 0.3) is 11.1 Å². The van der Waals surface area contributed by atoms with Gasteiger partial charge in [-0.05, 0) is 64.3 Å². The average molecular weight is 423 g/mol. The Morgan fingerprint density at radius 2 is 1.50 bits per heavy atom. The van der Waals surface area contributed by atoms with Crippen LogP contribution in [0.1, 0.15) is 82.6 Å². The van der Waals surface area contributed by atoms with Gasteiger partial charge >= 0.3 is 0 Å². The van der Waals surface area contributed by atoms with Crippen LogP contribution in [-0.4, -0.2) is 0 Å². The summed E-state index contributed by atoms with van der Waals surface area (Å²) in [6.07, 6.45) is 16.1. The van der Waals surface area contributed by atoms with Crippen molar-refractivity contribution in [3.63, 3.8) is 0 Å². The van der Waals surface area contributed by atoms with Crippen LogP contribution in [0, 0.1) is 0 Å². The molecule has 166 valence electrons. The first kappa shape index (κ1) is 23.8. The van der Waals surface area contributed by atoms with Gasteiger partial charge in [0.25, 0.3) is 0 Å². The van der Waals surface area contributed by atoms with Crippen LogP contribution < -0.4 is 0 Å². The second kappa shape index (κ2) is 10.6. The maximum atomic E-state index is 4.16. The van der Waals surface area contributed by atoms with Crippen molar-refractivity contribution >= 4 is 11.1 Å². The van der Waals surface area contributed by atoms with E-state index in [1.54, 1.807) is 0 Å². The Balaban J connectivity index is 0.000000437. The summed E-state index contributed by atoms with van der Waals surface area (Å²) in [5.74, 6) is 0. The Morgan fingerprint density at radius 3 is 2.09 bits per heavy atom. The summed E-state index contributed by atoms with van der Waals surface area (Å²) in [6, 6.07) is 17.9. The highest BCUT2D eigenvalue weighted by atomic mass is 14.5. The second-order valence-electron chi connectivity index (χ2n) is 8.21. The predicted molar refractivity (Wildman–Crippen MR) is 143 cm³/mol. The van der Waals surface area contributed by atoms with Crippen molar-refractivity contribution in [3.05, 3.63) is 119 Å². The minimum absolute atomic E-state index is 0.199. The number of hydrogen-bond acceptors (Lipinski definition) is 0. The summed E-state index contributed by atoms with van der Waals surface area (Å²) in [6.45, 7) is 14.6. The molecule has 0 bridgehead atoms. The van der Waals surface area contributed by atoms with E-state index in [1.165, 1.54) is 57.4 Å². The molecule has 1 atom stereocenters. The van der Waals surface area contributed by atoms with Gasteiger partial charge in [0, 0.05) is 0 Å². The summed E-state index contributed by atoms with van der Waals surface area (Å²) < 4.78 is 0. The van der Waals surface area contributed by atoms with Gasteiger partial charge in [0.2, 0.25) is 0 Å². The highest BCUT2D eigenvalue weighted by Crippen LogP contribution is 2.62. The summed E-state index contributed by atoms with van der Waals surface area (Å²) >= 11 is 0. The molecule has 0 aliphatic heterocycles. The molecule has 0 radical (unpaired) electrons. The lowest BCUT2D eigenvalue weighted by atomic mass is 9.68. The Bertz CT molecular complexity index is 1080. The number of hydrogen-bond donors (Lipinski definition) is 0. The Labute approximate surface area is 195 Å². The molecule has 0 saturated heterocycles. The maximum absolute atomic E-state index is 4.16. The van der Waals surface area contributed by atoms with Gasteiger partial charge in [-0.15, -0.1) is 0 Å². The molecule has 0 amide bonds. The molecule has 32 heavy (non-hydrogen) atoms. The van der Waals surface area contributed by atoms with Crippen LogP contribution in [0.15, 0.2) is 96.6 Å². The van der Waals surface area contributed by atoms with Gasteiger partial charge in [-0.25, -0.2) is 0 Å². The molecule has 3 aliphatic rings. The van der Waals surface area contributed by atoms with E-state index in [4.69, 9.17) is 0 Å². The molecular weight excluding hydrogens is 384 g/mol. The first-order chi connectivity index (χ1) is 15.7. The number of allylic oxidation sites excluding steroid dienone is 9. The minimum atomic E-state index is -0.199. The van der Waals surface area contributed by atoms with E-state index >= 15 is 0 Å². The molecule has 1 spiro atoms. The van der Waals surface area contributed by atoms with E-state index in [0.717, 1.165) is 12.8 Å². The first-order valence-corrected chi connectivity index (χ1v) is 12.3. The Morgan fingerprint density at radius 1 is 0.906 bits per heavy atom. The monoisotopic (exact) mass is 422 g/mol. The molecule has 0 aromatic heterocycles. The lowest BCUT2D eigenvalue weighted by molar-refractivity contribution is 0.773. The fourth-order valence-electron chi connectivity index (χ4n) is 5.23. The van der Waals surface area contributed by atoms with Gasteiger partial charge < -0.3 is 0 Å². The fourth-order valence-corrected chi connectivity index (χ4v) is 5.23. The van der Waals surface area contributed by atoms with Crippen molar-refractivity contribution < 1.29 is 0 Å². The van der Waals surface area contributed by atoms with Crippen LogP contribution in [0.4, 0.5) is 0 Å². The Hall–Kier alpha value is -2.86. The zero-order valence-corrected chi connectivity index (χ0v) is 20.5. The van der Waals surface area contributed by atoms with Gasteiger partial charge in [-0.1, -0.05) is 126 Å². The van der Waals surface area contributed by atoms with Gasteiger partial charge in [0.05, 0.1) is 5.41 Å². The molecule has 2 aromatic rings. The molecule has 0 nitrogen and oxygen atoms in total. The molecule has 3 aliphatic carbocycles. The van der Waals surface area contributed by atoms with E-state index in [1.807, 2.05) is 19.9 Å². The molecule has 2 aromatic carbocycles. The second-order valence-corrected chi connectivity index (χ2v) is 8.21. The van der Waals surface area contributed by atoms with Crippen molar-refractivity contribution in [1.82, 2.24) is 0 Å². The molecule has 0 heterocycles. The van der Waals surface area contributed by atoms with E-state index in [2.05, 4.69) is 100 Å². The highest BCUT2D eigenvalue weighted by Gasteiger charge is 2.52. The summed E-state index contributed by atoms with van der Waals surface area (Å²) in [4.78, 5) is 0. The zero-order chi connectivity index (χ0) is 23.1. The smallest absolute Gasteiger partial charge is 0.0722 e. The van der Waals surface area contributed by atoms with Crippen LogP contribution >= 0.6 is 0 Å². The third-order valence-corrected chi connectivity index (χ3v) is 6.58. The number of benzene rings is 2. The van der Waals surface area contributed by atoms with Crippen LogP contribution in [0.2, 0.25) is 0 Å². The van der Waals surface area contributed by atoms with Crippen molar-refractivity contribution in [2.24, 2.45) is 0 Å². The standard InChI is InChI=1S/C26H22.C4H10.C2H6/c1-3-11-22-18(4-2)19-12-5-8-15-23(19)26(22)24-16-9-6-13-20(24)21-14-7-10-17-25(21)26;1-3-4-2;1-2/h3-6,8-13,15-17H,2,7,14H2,1H3;3-4H2,1-2H3;1-2H3/b11-3-;;. The van der Waals surface area contributed by atoms with E-state index in [-0.39, 0.29) is 5.41 Å². The molecule has 0 heteroatoms. The van der Waals surface area contributed by atoms with Crippen molar-refractivity contribution in [2.75, 3.05) is 0 Å². The van der Waals surface area contributed by atoms with Crippen LogP contribution in [-0.2, 0) is 5.41 Å². The lowest BCUT2D eigenvalue weighted by Gasteiger charge is -2.33. The molecule has 1 unspecified atom stereocenters. The van der Waals surface area contributed by atoms with Crippen LogP contribution in [0.3, 0.4) is 0 Å². The number of fused-ring (bicyclic) bond motifs is 6. The Kier molecular flexibility index (Phi) is 7.91. The largest absolute Gasteiger partial charge is 0.0984 e. The summed E-state index contributed by atoms with van der Waals surface area (Å²) in [7, 11) is 0. The van der Waals surface area contributed by atoms with Gasteiger partial charge in [-0.3, -0.25) is 0 Å². The molecule has 0 fully saturated rings. The zero-order valence-electron chi connectivity index (χ0n) is 20.5. The van der Waals surface area contributed by atoms with Crippen molar-refractivity contribution in [1.29, 1.82) is 0 Å². The van der Waals surface area contributed by atoms with Gasteiger partial charge in [0.1, 0.15) is 0 Å². The van der Waals surface area contributed by atoms with Gasteiger partial charge in [0.15, 0.2) is 0 Å². The topological polar surface area (TPSA) is 0 Å². The van der Waals surface area contributed by atoms with Crippen LogP contribution in [0.5, 0.6) is 0 Å².